The third-order valence-corrected chi connectivity index (χ3v) is 2.54. The number of halogens is 2. The monoisotopic (exact) mass is 269 g/mol. The number of methoxy groups -OCH3 is 1. The molecule has 94 valence electrons. The van der Waals surface area contributed by atoms with Gasteiger partial charge in [0.05, 0.1) is 0 Å². The Labute approximate surface area is 107 Å². The highest BCUT2D eigenvalue weighted by atomic mass is 35.5. The molecule has 4 nitrogen and oxygen atoms in total. The van der Waals surface area contributed by atoms with E-state index in [-0.39, 0.29) is 29.4 Å². The van der Waals surface area contributed by atoms with E-state index in [4.69, 9.17) is 20.9 Å². The van der Waals surface area contributed by atoms with Crippen LogP contribution >= 0.6 is 11.6 Å². The SMILES string of the molecule is COCc1onc(-c2ccc(F)cc2)c1C(=O)Cl. The van der Waals surface area contributed by atoms with Gasteiger partial charge in [-0.3, -0.25) is 4.79 Å². The second-order valence-electron chi connectivity index (χ2n) is 3.54. The molecule has 0 radical (unpaired) electrons. The third kappa shape index (κ3) is 2.42. The summed E-state index contributed by atoms with van der Waals surface area (Å²) in [5.74, 6) is -0.130. The number of benzene rings is 1. The van der Waals surface area contributed by atoms with Gasteiger partial charge >= 0.3 is 0 Å². The van der Waals surface area contributed by atoms with E-state index in [1.54, 1.807) is 0 Å². The molecule has 0 aliphatic rings. The van der Waals surface area contributed by atoms with Gasteiger partial charge in [-0.15, -0.1) is 0 Å². The smallest absolute Gasteiger partial charge is 0.258 e. The molecule has 0 saturated carbocycles. The molecule has 0 aliphatic carbocycles. The zero-order valence-electron chi connectivity index (χ0n) is 9.44. The minimum absolute atomic E-state index is 0.0853. The fourth-order valence-electron chi connectivity index (χ4n) is 1.56. The lowest BCUT2D eigenvalue weighted by atomic mass is 10.1. The van der Waals surface area contributed by atoms with Crippen molar-refractivity contribution in [3.05, 3.63) is 41.4 Å². The summed E-state index contributed by atoms with van der Waals surface area (Å²) in [5, 5.41) is 3.08. The standard InChI is InChI=1S/C12H9ClFNO3/c1-17-6-9-10(12(13)16)11(15-18-9)7-2-4-8(14)5-3-7/h2-5H,6H2,1H3. The lowest BCUT2D eigenvalue weighted by Gasteiger charge is -1.99. The van der Waals surface area contributed by atoms with Crippen LogP contribution in [0.2, 0.25) is 0 Å². The van der Waals surface area contributed by atoms with E-state index in [0.717, 1.165) is 0 Å². The highest BCUT2D eigenvalue weighted by molar-refractivity contribution is 6.68. The molecule has 2 rings (SSSR count). The second kappa shape index (κ2) is 5.29. The second-order valence-corrected chi connectivity index (χ2v) is 3.89. The first-order chi connectivity index (χ1) is 8.63. The van der Waals surface area contributed by atoms with Crippen molar-refractivity contribution in [2.75, 3.05) is 7.11 Å². The first-order valence-electron chi connectivity index (χ1n) is 5.06. The molecule has 0 spiro atoms. The number of ether oxygens (including phenoxy) is 1. The lowest BCUT2D eigenvalue weighted by Crippen LogP contribution is -1.97. The third-order valence-electron chi connectivity index (χ3n) is 2.35. The van der Waals surface area contributed by atoms with E-state index in [1.807, 2.05) is 0 Å². The van der Waals surface area contributed by atoms with E-state index in [0.29, 0.717) is 5.56 Å². The van der Waals surface area contributed by atoms with Gasteiger partial charge in [0.15, 0.2) is 5.76 Å². The molecule has 0 aliphatic heterocycles. The minimum atomic E-state index is -0.692. The number of carbonyl (C=O) groups excluding carboxylic acids is 1. The molecule has 1 aromatic carbocycles. The number of hydrogen-bond donors (Lipinski definition) is 0. The predicted octanol–water partition coefficient (Wildman–Crippen LogP) is 3.01. The van der Waals surface area contributed by atoms with Crippen molar-refractivity contribution in [1.82, 2.24) is 5.16 Å². The minimum Gasteiger partial charge on any atom is -0.377 e. The Kier molecular flexibility index (Phi) is 3.74. The first-order valence-corrected chi connectivity index (χ1v) is 5.44. The molecule has 0 N–H and O–H groups in total. The van der Waals surface area contributed by atoms with Gasteiger partial charge in [0, 0.05) is 12.7 Å². The highest BCUT2D eigenvalue weighted by Gasteiger charge is 2.22. The van der Waals surface area contributed by atoms with Gasteiger partial charge < -0.3 is 9.26 Å². The maximum atomic E-state index is 12.8. The number of hydrogen-bond acceptors (Lipinski definition) is 4. The van der Waals surface area contributed by atoms with Crippen LogP contribution in [0.4, 0.5) is 4.39 Å². The maximum Gasteiger partial charge on any atom is 0.258 e. The largest absolute Gasteiger partial charge is 0.377 e. The van der Waals surface area contributed by atoms with Crippen LogP contribution in [0.15, 0.2) is 28.8 Å². The zero-order chi connectivity index (χ0) is 13.1. The van der Waals surface area contributed by atoms with Crippen LogP contribution in [0, 0.1) is 5.82 Å². The van der Waals surface area contributed by atoms with Crippen molar-refractivity contribution in [3.63, 3.8) is 0 Å². The Bertz CT molecular complexity index is 565. The van der Waals surface area contributed by atoms with E-state index < -0.39 is 5.24 Å². The van der Waals surface area contributed by atoms with Crippen molar-refractivity contribution in [2.45, 2.75) is 6.61 Å². The molecule has 0 unspecified atom stereocenters. The van der Waals surface area contributed by atoms with Gasteiger partial charge in [0.1, 0.15) is 23.7 Å². The summed E-state index contributed by atoms with van der Waals surface area (Å²) in [7, 11) is 1.46. The van der Waals surface area contributed by atoms with Crippen LogP contribution in [0.1, 0.15) is 16.1 Å². The molecule has 2 aromatic rings. The Hall–Kier alpha value is -1.72. The lowest BCUT2D eigenvalue weighted by molar-refractivity contribution is 0.107. The normalized spacial score (nSPS) is 10.6. The van der Waals surface area contributed by atoms with Crippen LogP contribution < -0.4 is 0 Å². The summed E-state index contributed by atoms with van der Waals surface area (Å²) >= 11 is 5.50. The molecule has 0 amide bonds. The molecular formula is C12H9ClFNO3. The van der Waals surface area contributed by atoms with Crippen molar-refractivity contribution < 1.29 is 18.4 Å². The highest BCUT2D eigenvalue weighted by Crippen LogP contribution is 2.27. The molecule has 0 bridgehead atoms. The molecule has 0 atom stereocenters. The molecule has 1 aromatic heterocycles. The van der Waals surface area contributed by atoms with Crippen LogP contribution in [0.5, 0.6) is 0 Å². The van der Waals surface area contributed by atoms with Crippen LogP contribution in [0.25, 0.3) is 11.3 Å². The molecule has 0 saturated heterocycles. The number of aromatic nitrogens is 1. The molecule has 0 fully saturated rings. The quantitative estimate of drug-likeness (QED) is 0.801. The van der Waals surface area contributed by atoms with E-state index in [9.17, 15) is 9.18 Å². The summed E-state index contributed by atoms with van der Waals surface area (Å²) in [6.45, 7) is 0.0853. The molecular weight excluding hydrogens is 261 g/mol. The summed E-state index contributed by atoms with van der Waals surface area (Å²) in [4.78, 5) is 11.4. The Morgan fingerprint density at radius 3 is 2.67 bits per heavy atom. The van der Waals surface area contributed by atoms with E-state index >= 15 is 0 Å². The number of nitrogens with zero attached hydrogens (tertiary/aromatic N) is 1. The number of carbonyl (C=O) groups is 1. The van der Waals surface area contributed by atoms with Crippen molar-refractivity contribution in [2.24, 2.45) is 0 Å². The Morgan fingerprint density at radius 2 is 2.11 bits per heavy atom. The van der Waals surface area contributed by atoms with Crippen molar-refractivity contribution in [3.8, 4) is 11.3 Å². The van der Waals surface area contributed by atoms with Crippen molar-refractivity contribution >= 4 is 16.8 Å². The van der Waals surface area contributed by atoms with Gasteiger partial charge in [0.2, 0.25) is 0 Å². The average molecular weight is 270 g/mol. The molecule has 6 heteroatoms. The summed E-state index contributed by atoms with van der Waals surface area (Å²) in [6, 6.07) is 5.52. The zero-order valence-corrected chi connectivity index (χ0v) is 10.2. The summed E-state index contributed by atoms with van der Waals surface area (Å²) < 4.78 is 22.7. The fraction of sp³-hybridized carbons (Fsp3) is 0.167. The first kappa shape index (κ1) is 12.7. The predicted molar refractivity (Wildman–Crippen MR) is 62.8 cm³/mol. The molecule has 1 heterocycles. The van der Waals surface area contributed by atoms with Gasteiger partial charge in [-0.25, -0.2) is 4.39 Å². The average Bonchev–Trinajstić information content (AvgIpc) is 2.74. The van der Waals surface area contributed by atoms with Gasteiger partial charge in [-0.2, -0.15) is 0 Å². The summed E-state index contributed by atoms with van der Waals surface area (Å²) in [6.07, 6.45) is 0. The van der Waals surface area contributed by atoms with Crippen LogP contribution in [-0.2, 0) is 11.3 Å². The Morgan fingerprint density at radius 1 is 1.44 bits per heavy atom. The summed E-state index contributed by atoms with van der Waals surface area (Å²) in [5.41, 5.74) is 0.971. The van der Waals surface area contributed by atoms with E-state index in [2.05, 4.69) is 5.16 Å². The van der Waals surface area contributed by atoms with Gasteiger partial charge in [-0.1, -0.05) is 5.16 Å². The van der Waals surface area contributed by atoms with Gasteiger partial charge in [0.25, 0.3) is 5.24 Å². The maximum absolute atomic E-state index is 12.8. The van der Waals surface area contributed by atoms with Crippen LogP contribution in [0.3, 0.4) is 0 Å². The Balaban J connectivity index is 2.50. The van der Waals surface area contributed by atoms with Gasteiger partial charge in [-0.05, 0) is 35.9 Å². The number of rotatable bonds is 4. The fourth-order valence-corrected chi connectivity index (χ4v) is 1.76. The van der Waals surface area contributed by atoms with E-state index in [1.165, 1.54) is 31.4 Å². The van der Waals surface area contributed by atoms with Crippen molar-refractivity contribution in [1.29, 1.82) is 0 Å². The van der Waals surface area contributed by atoms with Crippen LogP contribution in [-0.4, -0.2) is 17.5 Å². The molecule has 18 heavy (non-hydrogen) atoms. The topological polar surface area (TPSA) is 52.3 Å².